The number of carbonyl (C=O) groups excluding carboxylic acids is 2. The van der Waals surface area contributed by atoms with Crippen LogP contribution in [0.2, 0.25) is 0 Å². The van der Waals surface area contributed by atoms with Crippen molar-refractivity contribution < 1.29 is 23.5 Å². The zero-order valence-electron chi connectivity index (χ0n) is 25.3. The Morgan fingerprint density at radius 1 is 0.911 bits per heavy atom. The molecule has 0 unspecified atom stereocenters. The van der Waals surface area contributed by atoms with Crippen LogP contribution in [-0.4, -0.2) is 41.8 Å². The van der Waals surface area contributed by atoms with Crippen molar-refractivity contribution in [1.82, 2.24) is 15.3 Å². The molecule has 0 aliphatic heterocycles. The number of carbonyl (C=O) groups is 2. The van der Waals surface area contributed by atoms with Crippen molar-refractivity contribution in [3.05, 3.63) is 107 Å². The Balaban J connectivity index is 1.12. The number of aromatic nitrogens is 2. The van der Waals surface area contributed by atoms with Crippen LogP contribution >= 0.6 is 11.3 Å². The lowest BCUT2D eigenvalue weighted by atomic mass is 9.87. The van der Waals surface area contributed by atoms with Crippen LogP contribution in [0, 0.1) is 18.2 Å². The third-order valence-corrected chi connectivity index (χ3v) is 9.31. The van der Waals surface area contributed by atoms with Gasteiger partial charge in [-0.05, 0) is 60.7 Å². The average Bonchev–Trinajstić information content (AvgIpc) is 3.75. The van der Waals surface area contributed by atoms with Gasteiger partial charge >= 0.3 is 0 Å². The third kappa shape index (κ3) is 7.01. The van der Waals surface area contributed by atoms with Crippen molar-refractivity contribution in [1.29, 1.82) is 0 Å². The summed E-state index contributed by atoms with van der Waals surface area (Å²) < 4.78 is 27.1. The minimum Gasteiger partial charge on any atom is -0.453 e. The van der Waals surface area contributed by atoms with Crippen molar-refractivity contribution >= 4 is 33.1 Å². The maximum atomic E-state index is 15.3. The number of fused-ring (bicyclic) bond motifs is 1. The van der Waals surface area contributed by atoms with Gasteiger partial charge in [0.1, 0.15) is 5.75 Å². The molecule has 2 aromatic carbocycles. The number of nitrogens with zero attached hydrogens (tertiary/aromatic N) is 2. The van der Waals surface area contributed by atoms with E-state index in [1.165, 1.54) is 23.5 Å². The normalized spacial score (nSPS) is 13.6. The number of methoxy groups -OCH3 is 1. The van der Waals surface area contributed by atoms with Crippen molar-refractivity contribution in [2.45, 2.75) is 39.2 Å². The molecule has 1 aliphatic carbocycles. The maximum Gasteiger partial charge on any atom is 0.166 e. The Bertz CT molecular complexity index is 1830. The molecule has 0 amide bonds. The number of ketones is 2. The molecule has 230 valence electrons. The quantitative estimate of drug-likeness (QED) is 0.105. The molecule has 5 aromatic rings. The van der Waals surface area contributed by atoms with Crippen LogP contribution in [0.4, 0.5) is 4.39 Å². The topological polar surface area (TPSA) is 90.4 Å². The molecule has 0 bridgehead atoms. The summed E-state index contributed by atoms with van der Waals surface area (Å²) in [6.07, 6.45) is 4.80. The van der Waals surface area contributed by atoms with Gasteiger partial charge in [0, 0.05) is 51.5 Å². The van der Waals surface area contributed by atoms with Crippen molar-refractivity contribution in [3.63, 3.8) is 0 Å². The Kier molecular flexibility index (Phi) is 9.11. The van der Waals surface area contributed by atoms with Crippen LogP contribution in [0.25, 0.3) is 20.8 Å². The zero-order chi connectivity index (χ0) is 31.4. The van der Waals surface area contributed by atoms with Crippen molar-refractivity contribution in [3.8, 4) is 22.1 Å². The first-order chi connectivity index (χ1) is 21.8. The lowest BCUT2D eigenvalue weighted by Gasteiger charge is -2.14. The summed E-state index contributed by atoms with van der Waals surface area (Å²) in [5.74, 6) is -0.256. The number of hydrogen-bond acceptors (Lipinski definition) is 8. The lowest BCUT2D eigenvalue weighted by molar-refractivity contribution is -0.133. The van der Waals surface area contributed by atoms with E-state index in [1.807, 2.05) is 55.6 Å². The number of Topliss-reactive ketones (excluding diaryl/α,β-unsaturated/α-hetero) is 2. The van der Waals surface area contributed by atoms with E-state index in [1.54, 1.807) is 25.4 Å². The zero-order valence-corrected chi connectivity index (χ0v) is 26.1. The monoisotopic (exact) mass is 623 g/mol. The number of halogens is 1. The number of aryl methyl sites for hydroxylation is 1. The molecular weight excluding hydrogens is 589 g/mol. The summed E-state index contributed by atoms with van der Waals surface area (Å²) >= 11 is 1.48. The van der Waals surface area contributed by atoms with Crippen molar-refractivity contribution in [2.75, 3.05) is 20.3 Å². The first-order valence-corrected chi connectivity index (χ1v) is 15.8. The highest BCUT2D eigenvalue weighted by Crippen LogP contribution is 2.49. The van der Waals surface area contributed by atoms with E-state index < -0.39 is 11.2 Å². The molecule has 0 radical (unpaired) electrons. The third-order valence-electron chi connectivity index (χ3n) is 8.15. The van der Waals surface area contributed by atoms with Crippen LogP contribution in [0.3, 0.4) is 0 Å². The van der Waals surface area contributed by atoms with Gasteiger partial charge in [-0.1, -0.05) is 42.0 Å². The van der Waals surface area contributed by atoms with Gasteiger partial charge in [-0.25, -0.2) is 4.39 Å². The van der Waals surface area contributed by atoms with Crippen LogP contribution in [0.5, 0.6) is 11.5 Å². The van der Waals surface area contributed by atoms with E-state index in [4.69, 9.17) is 9.47 Å². The molecule has 1 fully saturated rings. The van der Waals surface area contributed by atoms with E-state index in [9.17, 15) is 9.59 Å². The fourth-order valence-electron chi connectivity index (χ4n) is 5.31. The summed E-state index contributed by atoms with van der Waals surface area (Å²) in [5.41, 5.74) is 4.19. The van der Waals surface area contributed by atoms with Crippen LogP contribution in [0.1, 0.15) is 35.1 Å². The van der Waals surface area contributed by atoms with Crippen molar-refractivity contribution in [2.24, 2.45) is 5.41 Å². The largest absolute Gasteiger partial charge is 0.453 e. The molecule has 1 N–H and O–H groups in total. The van der Waals surface area contributed by atoms with Crippen LogP contribution in [0.15, 0.2) is 79.1 Å². The molecule has 3 aromatic heterocycles. The Hall–Kier alpha value is -4.31. The standard InChI is InChI=1S/C36H34FN3O4S/c1-23-3-5-24(6-4-23)18-33(41)36(12-13-36)34(42)19-25-8-10-30(27(37)17-25)44-31-11-14-39-29-20-32(45-35(29)31)28-9-7-26(22-40-28)21-38-15-16-43-2/h3-11,14,17,20,22,38H,12-13,15-16,18-19,21H2,1-2H3. The molecule has 9 heteroatoms. The van der Waals surface area contributed by atoms with Crippen LogP contribution in [-0.2, 0) is 33.7 Å². The second-order valence-electron chi connectivity index (χ2n) is 11.5. The van der Waals surface area contributed by atoms with E-state index in [0.717, 1.165) is 44.0 Å². The minimum atomic E-state index is -0.952. The van der Waals surface area contributed by atoms with Gasteiger partial charge in [-0.15, -0.1) is 11.3 Å². The van der Waals surface area contributed by atoms with E-state index >= 15 is 4.39 Å². The Labute approximate surface area is 265 Å². The first-order valence-electron chi connectivity index (χ1n) is 15.0. The molecule has 6 rings (SSSR count). The fraction of sp³-hybridized carbons (Fsp3) is 0.278. The molecule has 1 aliphatic rings. The molecule has 0 atom stereocenters. The van der Waals surface area contributed by atoms with Gasteiger partial charge in [-0.2, -0.15) is 0 Å². The Morgan fingerprint density at radius 3 is 2.33 bits per heavy atom. The summed E-state index contributed by atoms with van der Waals surface area (Å²) in [7, 11) is 1.68. The minimum absolute atomic E-state index is 0.000364. The highest BCUT2D eigenvalue weighted by atomic mass is 32.1. The molecule has 7 nitrogen and oxygen atoms in total. The van der Waals surface area contributed by atoms with Gasteiger partial charge in [0.05, 0.1) is 32.8 Å². The second-order valence-corrected chi connectivity index (χ2v) is 12.5. The lowest BCUT2D eigenvalue weighted by Crippen LogP contribution is -2.28. The smallest absolute Gasteiger partial charge is 0.166 e. The number of benzene rings is 2. The van der Waals surface area contributed by atoms with Gasteiger partial charge in [0.15, 0.2) is 23.1 Å². The molecule has 1 saturated carbocycles. The Morgan fingerprint density at radius 2 is 1.64 bits per heavy atom. The fourth-order valence-corrected chi connectivity index (χ4v) is 6.35. The van der Waals surface area contributed by atoms with Gasteiger partial charge < -0.3 is 14.8 Å². The number of ether oxygens (including phenoxy) is 2. The summed E-state index contributed by atoms with van der Waals surface area (Å²) in [6, 6.07) is 20.0. The maximum absolute atomic E-state index is 15.3. The number of thiophene rings is 1. The molecule has 0 spiro atoms. The highest BCUT2D eigenvalue weighted by molar-refractivity contribution is 7.22. The molecule has 45 heavy (non-hydrogen) atoms. The first kappa shape index (κ1) is 30.7. The SMILES string of the molecule is COCCNCc1ccc(-c2cc3nccc(Oc4ccc(CC(=O)C5(C(=O)Cc6ccc(C)cc6)CC5)cc4F)c3s2)nc1. The van der Waals surface area contributed by atoms with Gasteiger partial charge in [-0.3, -0.25) is 19.6 Å². The van der Waals surface area contributed by atoms with E-state index in [-0.39, 0.29) is 30.2 Å². The average molecular weight is 624 g/mol. The molecule has 3 heterocycles. The highest BCUT2D eigenvalue weighted by Gasteiger charge is 2.54. The van der Waals surface area contributed by atoms with E-state index in [0.29, 0.717) is 37.3 Å². The van der Waals surface area contributed by atoms with E-state index in [2.05, 4.69) is 15.3 Å². The van der Waals surface area contributed by atoms with Gasteiger partial charge in [0.25, 0.3) is 0 Å². The summed E-state index contributed by atoms with van der Waals surface area (Å²) in [6.45, 7) is 4.11. The number of rotatable bonds is 14. The molecular formula is C36H34FN3O4S. The predicted molar refractivity (Wildman–Crippen MR) is 173 cm³/mol. The number of nitrogens with one attached hydrogen (secondary N) is 1. The second kappa shape index (κ2) is 13.4. The predicted octanol–water partition coefficient (Wildman–Crippen LogP) is 7.04. The van der Waals surface area contributed by atoms with Crippen LogP contribution < -0.4 is 10.1 Å². The molecule has 0 saturated heterocycles. The van der Waals surface area contributed by atoms with Gasteiger partial charge in [0.2, 0.25) is 0 Å². The summed E-state index contributed by atoms with van der Waals surface area (Å²) in [5, 5.41) is 3.30. The summed E-state index contributed by atoms with van der Waals surface area (Å²) in [4.78, 5) is 36.3. The number of pyridine rings is 2. The number of hydrogen-bond donors (Lipinski definition) is 1.